The van der Waals surface area contributed by atoms with E-state index in [9.17, 15) is 9.90 Å². The number of β-amino-alcohol motifs (C(OH)–C–C–N with tert-alkyl or cyclic N) is 1. The number of likely N-dealkylation sites (tertiary alicyclic amines) is 1. The van der Waals surface area contributed by atoms with Gasteiger partial charge in [0.15, 0.2) is 5.78 Å². The number of rotatable bonds is 7. The van der Waals surface area contributed by atoms with Gasteiger partial charge in [-0.1, -0.05) is 12.1 Å². The Kier molecular flexibility index (Phi) is 7.57. The fourth-order valence-electron chi connectivity index (χ4n) is 6.74. The quantitative estimate of drug-likeness (QED) is 0.470. The number of nitrogens with zero attached hydrogens (tertiary/aromatic N) is 5. The highest BCUT2D eigenvalue weighted by Gasteiger charge is 2.51. The number of pyridine rings is 2. The van der Waals surface area contributed by atoms with E-state index < -0.39 is 11.6 Å². The van der Waals surface area contributed by atoms with Gasteiger partial charge in [-0.15, -0.1) is 0 Å². The Bertz CT molecular complexity index is 1350. The van der Waals surface area contributed by atoms with Crippen molar-refractivity contribution in [2.45, 2.75) is 57.3 Å². The van der Waals surface area contributed by atoms with Crippen molar-refractivity contribution in [1.29, 1.82) is 0 Å². The van der Waals surface area contributed by atoms with Gasteiger partial charge in [0, 0.05) is 80.7 Å². The van der Waals surface area contributed by atoms with Crippen molar-refractivity contribution in [3.8, 4) is 0 Å². The monoisotopic (exact) mass is 540 g/mol. The average Bonchev–Trinajstić information content (AvgIpc) is 3.41. The van der Waals surface area contributed by atoms with Gasteiger partial charge in [0.25, 0.3) is 0 Å². The van der Waals surface area contributed by atoms with Crippen LogP contribution in [-0.4, -0.2) is 87.6 Å². The summed E-state index contributed by atoms with van der Waals surface area (Å²) < 4.78 is 0. The molecule has 0 saturated carbocycles. The summed E-state index contributed by atoms with van der Waals surface area (Å²) in [6.45, 7) is 9.01. The fourth-order valence-corrected chi connectivity index (χ4v) is 6.74. The van der Waals surface area contributed by atoms with Gasteiger partial charge in [0.1, 0.15) is 5.54 Å². The first kappa shape index (κ1) is 26.9. The molecule has 3 atom stereocenters. The Balaban J connectivity index is 1.35. The van der Waals surface area contributed by atoms with Crippen LogP contribution in [0.4, 0.5) is 11.4 Å². The number of piperidine rings is 1. The third-order valence-electron chi connectivity index (χ3n) is 8.92. The van der Waals surface area contributed by atoms with Gasteiger partial charge in [-0.05, 0) is 75.1 Å². The van der Waals surface area contributed by atoms with Crippen LogP contribution < -0.4 is 10.2 Å². The predicted molar refractivity (Wildman–Crippen MR) is 158 cm³/mol. The zero-order valence-corrected chi connectivity index (χ0v) is 23.6. The number of hydrogen-bond acceptors (Lipinski definition) is 8. The number of nitrogens with one attached hydrogen (secondary N) is 1. The second kappa shape index (κ2) is 11.3. The van der Waals surface area contributed by atoms with Crippen molar-refractivity contribution in [3.63, 3.8) is 0 Å². The second-order valence-corrected chi connectivity index (χ2v) is 11.8. The van der Waals surface area contributed by atoms with Crippen LogP contribution in [0.1, 0.15) is 46.6 Å². The zero-order chi connectivity index (χ0) is 27.7. The zero-order valence-electron chi connectivity index (χ0n) is 23.6. The summed E-state index contributed by atoms with van der Waals surface area (Å²) in [5.41, 5.74) is 5.24. The Morgan fingerprint density at radius 3 is 2.70 bits per heavy atom. The van der Waals surface area contributed by atoms with Crippen LogP contribution in [0.25, 0.3) is 0 Å². The van der Waals surface area contributed by atoms with Gasteiger partial charge in [-0.2, -0.15) is 0 Å². The molecule has 3 aromatic rings. The molecule has 0 radical (unpaired) electrons. The molecule has 0 amide bonds. The first-order chi connectivity index (χ1) is 19.4. The minimum atomic E-state index is -0.762. The summed E-state index contributed by atoms with van der Waals surface area (Å²) in [6.07, 6.45) is 6.29. The highest BCUT2D eigenvalue weighted by Crippen LogP contribution is 2.36. The lowest BCUT2D eigenvalue weighted by molar-refractivity contribution is 0.0316. The number of hydrogen-bond donors (Lipinski definition) is 2. The third-order valence-corrected chi connectivity index (χ3v) is 8.92. The molecule has 1 unspecified atom stereocenters. The van der Waals surface area contributed by atoms with Crippen LogP contribution in [0.5, 0.6) is 0 Å². The van der Waals surface area contributed by atoms with Gasteiger partial charge in [0.2, 0.25) is 0 Å². The lowest BCUT2D eigenvalue weighted by atomic mass is 9.82. The number of para-hydroxylation sites is 1. The van der Waals surface area contributed by atoms with E-state index in [0.717, 1.165) is 60.8 Å². The molecule has 8 heteroatoms. The second-order valence-electron chi connectivity index (χ2n) is 11.8. The molecule has 1 aromatic carbocycles. The molecule has 0 aliphatic carbocycles. The minimum Gasteiger partial charge on any atom is -0.392 e. The number of ketones is 1. The first-order valence-corrected chi connectivity index (χ1v) is 14.6. The van der Waals surface area contributed by atoms with E-state index in [0.29, 0.717) is 32.6 Å². The molecule has 2 fully saturated rings. The van der Waals surface area contributed by atoms with Gasteiger partial charge in [0.05, 0.1) is 18.0 Å². The van der Waals surface area contributed by atoms with Crippen LogP contribution in [0.15, 0.2) is 60.9 Å². The molecule has 2 aromatic heterocycles. The largest absolute Gasteiger partial charge is 0.392 e. The number of carbonyl (C=O) groups excluding carboxylic acids is 1. The maximum Gasteiger partial charge on any atom is 0.188 e. The SMILES string of the molecule is Cc1ccc(N2CCC[C@H](N(Cc3ccnc(C)c3)CC3(N4CC[C@@H](O)C4)CNc4ccccc4C3=O)C2)cn1. The van der Waals surface area contributed by atoms with E-state index in [1.165, 1.54) is 5.56 Å². The van der Waals surface area contributed by atoms with Gasteiger partial charge >= 0.3 is 0 Å². The molecule has 5 heterocycles. The van der Waals surface area contributed by atoms with Crippen LogP contribution in [-0.2, 0) is 6.54 Å². The molecule has 2 N–H and O–H groups in total. The van der Waals surface area contributed by atoms with Gasteiger partial charge < -0.3 is 15.3 Å². The minimum absolute atomic E-state index is 0.155. The Morgan fingerprint density at radius 1 is 1.05 bits per heavy atom. The van der Waals surface area contributed by atoms with Crippen LogP contribution in [0.3, 0.4) is 0 Å². The summed E-state index contributed by atoms with van der Waals surface area (Å²) in [5, 5.41) is 14.1. The van der Waals surface area contributed by atoms with Crippen molar-refractivity contribution in [3.05, 3.63) is 83.4 Å². The Hall–Kier alpha value is -3.33. The van der Waals surface area contributed by atoms with Crippen molar-refractivity contribution in [2.75, 3.05) is 49.5 Å². The highest BCUT2D eigenvalue weighted by atomic mass is 16.3. The number of carbonyl (C=O) groups is 1. The molecule has 0 bridgehead atoms. The van der Waals surface area contributed by atoms with Crippen molar-refractivity contribution >= 4 is 17.2 Å². The topological polar surface area (TPSA) is 84.8 Å². The summed E-state index contributed by atoms with van der Waals surface area (Å²) >= 11 is 0. The Morgan fingerprint density at radius 2 is 1.93 bits per heavy atom. The predicted octanol–water partition coefficient (Wildman–Crippen LogP) is 3.68. The fraction of sp³-hybridized carbons (Fsp3) is 0.469. The summed E-state index contributed by atoms with van der Waals surface area (Å²) in [5.74, 6) is 0.155. The van der Waals surface area contributed by atoms with Crippen LogP contribution >= 0.6 is 0 Å². The number of fused-ring (bicyclic) bond motifs is 1. The van der Waals surface area contributed by atoms with Gasteiger partial charge in [-0.3, -0.25) is 24.6 Å². The maximum atomic E-state index is 14.5. The lowest BCUT2D eigenvalue weighted by Gasteiger charge is -2.49. The van der Waals surface area contributed by atoms with Crippen LogP contribution in [0.2, 0.25) is 0 Å². The number of aliphatic hydroxyl groups is 1. The van der Waals surface area contributed by atoms with E-state index in [1.807, 2.05) is 50.5 Å². The first-order valence-electron chi connectivity index (χ1n) is 14.6. The molecule has 210 valence electrons. The van der Waals surface area contributed by atoms with E-state index in [2.05, 4.69) is 54.2 Å². The molecule has 40 heavy (non-hydrogen) atoms. The molecule has 3 aliphatic heterocycles. The molecule has 3 aliphatic rings. The number of aryl methyl sites for hydroxylation is 2. The molecular formula is C32H40N6O2. The third kappa shape index (κ3) is 5.36. The summed E-state index contributed by atoms with van der Waals surface area (Å²) in [4.78, 5) is 30.6. The summed E-state index contributed by atoms with van der Waals surface area (Å²) in [7, 11) is 0. The van der Waals surface area contributed by atoms with Crippen molar-refractivity contribution < 1.29 is 9.90 Å². The number of benzene rings is 1. The molecule has 8 nitrogen and oxygen atoms in total. The molecule has 2 saturated heterocycles. The smallest absolute Gasteiger partial charge is 0.188 e. The number of anilines is 2. The molecule has 0 spiro atoms. The average molecular weight is 541 g/mol. The van der Waals surface area contributed by atoms with Crippen LogP contribution in [0, 0.1) is 13.8 Å². The number of aliphatic hydroxyl groups excluding tert-OH is 1. The normalized spacial score (nSPS) is 25.2. The van der Waals surface area contributed by atoms with Crippen molar-refractivity contribution in [1.82, 2.24) is 19.8 Å². The van der Waals surface area contributed by atoms with Crippen molar-refractivity contribution in [2.24, 2.45) is 0 Å². The maximum absolute atomic E-state index is 14.5. The lowest BCUT2D eigenvalue weighted by Crippen LogP contribution is -2.67. The Labute approximate surface area is 237 Å². The van der Waals surface area contributed by atoms with E-state index in [4.69, 9.17) is 0 Å². The standard InChI is InChI=1S/C32H40N6O2/c1-23-9-10-26(17-34-23)36-14-5-6-27(19-36)37(18-25-11-13-33-24(2)16-25)22-32(38-15-12-28(39)20-38)21-35-30-8-4-3-7-29(30)31(32)40/h3-4,7-11,13,16-17,27-28,35,39H,5-6,12,14-15,18-22H2,1-2H3/t27-,28+,32?/m0/s1. The number of Topliss-reactive ketones (excluding diaryl/α,β-unsaturated/α-hetero) is 1. The van der Waals surface area contributed by atoms with E-state index in [1.54, 1.807) is 0 Å². The van der Waals surface area contributed by atoms with E-state index >= 15 is 0 Å². The van der Waals surface area contributed by atoms with Gasteiger partial charge in [-0.25, -0.2) is 0 Å². The summed E-state index contributed by atoms with van der Waals surface area (Å²) in [6, 6.07) is 16.6. The van der Waals surface area contributed by atoms with E-state index in [-0.39, 0.29) is 11.8 Å². The highest BCUT2D eigenvalue weighted by molar-refractivity contribution is 6.09. The number of aromatic nitrogens is 2. The molecular weight excluding hydrogens is 500 g/mol. The molecule has 6 rings (SSSR count).